The third-order valence-corrected chi connectivity index (χ3v) is 6.40. The van der Waals surface area contributed by atoms with E-state index in [0.717, 1.165) is 5.56 Å². The van der Waals surface area contributed by atoms with Crippen LogP contribution in [0.25, 0.3) is 0 Å². The van der Waals surface area contributed by atoms with Crippen LogP contribution in [0, 0.1) is 6.92 Å². The van der Waals surface area contributed by atoms with E-state index in [4.69, 9.17) is 4.74 Å². The van der Waals surface area contributed by atoms with Gasteiger partial charge in [0, 0.05) is 31.7 Å². The van der Waals surface area contributed by atoms with E-state index in [1.807, 2.05) is 39.8 Å². The normalized spacial score (nSPS) is 14.8. The van der Waals surface area contributed by atoms with Gasteiger partial charge in [0.1, 0.15) is 5.60 Å². The number of para-hydroxylation sites is 1. The fraction of sp³-hybridized carbons (Fsp3) is 0.391. The summed E-state index contributed by atoms with van der Waals surface area (Å²) in [5.74, 6) is -0.204. The van der Waals surface area contributed by atoms with Gasteiger partial charge in [0.15, 0.2) is 0 Å². The van der Waals surface area contributed by atoms with Crippen LogP contribution in [0.5, 0.6) is 0 Å². The SMILES string of the molecule is Cc1ccccc1NS(=O)(=O)c1ccc(C(=O)N2CCN(C(=O)OC(C)(C)C)CC2)cc1. The number of carbonyl (C=O) groups excluding carboxylic acids is 2. The molecule has 2 aromatic rings. The molecule has 0 radical (unpaired) electrons. The van der Waals surface area contributed by atoms with Crippen molar-refractivity contribution in [2.75, 3.05) is 30.9 Å². The second-order valence-corrected chi connectivity index (χ2v) is 10.4. The van der Waals surface area contributed by atoms with Gasteiger partial charge >= 0.3 is 6.09 Å². The molecule has 0 atom stereocenters. The van der Waals surface area contributed by atoms with Crippen molar-refractivity contribution < 1.29 is 22.7 Å². The summed E-state index contributed by atoms with van der Waals surface area (Å²) >= 11 is 0. The van der Waals surface area contributed by atoms with E-state index >= 15 is 0 Å². The number of benzene rings is 2. The van der Waals surface area contributed by atoms with Gasteiger partial charge in [0.25, 0.3) is 15.9 Å². The van der Waals surface area contributed by atoms with Crippen LogP contribution < -0.4 is 4.72 Å². The number of hydrogen-bond acceptors (Lipinski definition) is 5. The smallest absolute Gasteiger partial charge is 0.410 e. The first-order valence-corrected chi connectivity index (χ1v) is 11.9. The molecule has 1 aliphatic heterocycles. The van der Waals surface area contributed by atoms with Crippen LogP contribution in [0.2, 0.25) is 0 Å². The summed E-state index contributed by atoms with van der Waals surface area (Å²) in [4.78, 5) is 28.3. The third-order valence-electron chi connectivity index (χ3n) is 5.02. The molecule has 0 saturated carbocycles. The van der Waals surface area contributed by atoms with Crippen LogP contribution in [0.15, 0.2) is 53.4 Å². The molecule has 8 nitrogen and oxygen atoms in total. The summed E-state index contributed by atoms with van der Waals surface area (Å²) in [6, 6.07) is 13.0. The van der Waals surface area contributed by atoms with E-state index < -0.39 is 15.6 Å². The second-order valence-electron chi connectivity index (χ2n) is 8.70. The highest BCUT2D eigenvalue weighted by atomic mass is 32.2. The number of carbonyl (C=O) groups is 2. The van der Waals surface area contributed by atoms with Gasteiger partial charge in [0.05, 0.1) is 10.6 Å². The van der Waals surface area contributed by atoms with Crippen molar-refractivity contribution in [3.63, 3.8) is 0 Å². The van der Waals surface area contributed by atoms with E-state index in [2.05, 4.69) is 4.72 Å². The zero-order valence-corrected chi connectivity index (χ0v) is 19.6. The monoisotopic (exact) mass is 459 g/mol. The Hall–Kier alpha value is -3.07. The molecule has 3 rings (SSSR count). The lowest BCUT2D eigenvalue weighted by Gasteiger charge is -2.35. The van der Waals surface area contributed by atoms with E-state index in [0.29, 0.717) is 37.4 Å². The number of aryl methyl sites for hydroxylation is 1. The maximum atomic E-state index is 12.8. The Labute approximate surface area is 189 Å². The topological polar surface area (TPSA) is 96.0 Å². The largest absolute Gasteiger partial charge is 0.444 e. The van der Waals surface area contributed by atoms with Crippen LogP contribution >= 0.6 is 0 Å². The van der Waals surface area contributed by atoms with Gasteiger partial charge in [-0.3, -0.25) is 9.52 Å². The fourth-order valence-electron chi connectivity index (χ4n) is 3.27. The summed E-state index contributed by atoms with van der Waals surface area (Å²) in [6.07, 6.45) is -0.389. The molecule has 0 aliphatic carbocycles. The van der Waals surface area contributed by atoms with Gasteiger partial charge in [-0.15, -0.1) is 0 Å². The number of rotatable bonds is 4. The Balaban J connectivity index is 1.62. The minimum Gasteiger partial charge on any atom is -0.444 e. The molecule has 32 heavy (non-hydrogen) atoms. The lowest BCUT2D eigenvalue weighted by molar-refractivity contribution is 0.0141. The molecule has 1 heterocycles. The molecule has 0 aromatic heterocycles. The van der Waals surface area contributed by atoms with Gasteiger partial charge in [-0.25, -0.2) is 13.2 Å². The Morgan fingerprint density at radius 1 is 0.906 bits per heavy atom. The van der Waals surface area contributed by atoms with Crippen molar-refractivity contribution >= 4 is 27.7 Å². The zero-order chi connectivity index (χ0) is 23.5. The molecule has 1 aliphatic rings. The summed E-state index contributed by atoms with van der Waals surface area (Å²) < 4.78 is 33.3. The average molecular weight is 460 g/mol. The zero-order valence-electron chi connectivity index (χ0n) is 18.8. The molecular weight excluding hydrogens is 430 g/mol. The molecule has 1 saturated heterocycles. The molecule has 0 spiro atoms. The molecule has 2 amide bonds. The first-order valence-electron chi connectivity index (χ1n) is 10.4. The van der Waals surface area contributed by atoms with Crippen LogP contribution in [0.1, 0.15) is 36.7 Å². The van der Waals surface area contributed by atoms with E-state index in [-0.39, 0.29) is 16.9 Å². The Kier molecular flexibility index (Phi) is 6.78. The van der Waals surface area contributed by atoms with E-state index in [1.165, 1.54) is 24.3 Å². The minimum absolute atomic E-state index is 0.0760. The maximum Gasteiger partial charge on any atom is 0.410 e. The molecule has 2 aromatic carbocycles. The summed E-state index contributed by atoms with van der Waals surface area (Å²) in [6.45, 7) is 8.78. The van der Waals surface area contributed by atoms with Crippen LogP contribution in [0.3, 0.4) is 0 Å². The molecule has 0 bridgehead atoms. The Morgan fingerprint density at radius 3 is 2.03 bits per heavy atom. The van der Waals surface area contributed by atoms with Crippen LogP contribution in [-0.4, -0.2) is 62.0 Å². The van der Waals surface area contributed by atoms with E-state index in [9.17, 15) is 18.0 Å². The molecule has 0 unspecified atom stereocenters. The number of nitrogens with one attached hydrogen (secondary N) is 1. The van der Waals surface area contributed by atoms with E-state index in [1.54, 1.807) is 21.9 Å². The quantitative estimate of drug-likeness (QED) is 0.755. The predicted molar refractivity (Wildman–Crippen MR) is 122 cm³/mol. The number of piperazine rings is 1. The standard InChI is InChI=1S/C23H29N3O5S/c1-17-7-5-6-8-20(17)24-32(29,30)19-11-9-18(10-12-19)21(27)25-13-15-26(16-14-25)22(28)31-23(2,3)4/h5-12,24H,13-16H2,1-4H3. The Bertz CT molecular complexity index is 1080. The predicted octanol–water partition coefficient (Wildman–Crippen LogP) is 3.49. The number of hydrogen-bond donors (Lipinski definition) is 1. The molecule has 9 heteroatoms. The molecule has 1 fully saturated rings. The summed E-state index contributed by atoms with van der Waals surface area (Å²) in [5.41, 5.74) is 1.15. The first kappa shape index (κ1) is 23.6. The number of nitrogens with zero attached hydrogens (tertiary/aromatic N) is 2. The highest BCUT2D eigenvalue weighted by Crippen LogP contribution is 2.20. The van der Waals surface area contributed by atoms with Crippen molar-refractivity contribution in [1.29, 1.82) is 0 Å². The van der Waals surface area contributed by atoms with Crippen molar-refractivity contribution in [2.24, 2.45) is 0 Å². The Morgan fingerprint density at radius 2 is 1.47 bits per heavy atom. The number of ether oxygens (including phenoxy) is 1. The van der Waals surface area contributed by atoms with Crippen molar-refractivity contribution in [3.05, 3.63) is 59.7 Å². The van der Waals surface area contributed by atoms with Crippen molar-refractivity contribution in [3.8, 4) is 0 Å². The van der Waals surface area contributed by atoms with Crippen LogP contribution in [0.4, 0.5) is 10.5 Å². The lowest BCUT2D eigenvalue weighted by atomic mass is 10.2. The molecule has 172 valence electrons. The fourth-order valence-corrected chi connectivity index (χ4v) is 4.40. The lowest BCUT2D eigenvalue weighted by Crippen LogP contribution is -2.51. The number of amides is 2. The first-order chi connectivity index (χ1) is 15.0. The highest BCUT2D eigenvalue weighted by molar-refractivity contribution is 7.92. The maximum absolute atomic E-state index is 12.8. The molecule has 1 N–H and O–H groups in total. The average Bonchev–Trinajstić information content (AvgIpc) is 2.74. The second kappa shape index (κ2) is 9.20. The molecular formula is C23H29N3O5S. The number of anilines is 1. The van der Waals surface area contributed by atoms with Gasteiger partial charge in [-0.2, -0.15) is 0 Å². The van der Waals surface area contributed by atoms with Gasteiger partial charge in [0.2, 0.25) is 0 Å². The highest BCUT2D eigenvalue weighted by Gasteiger charge is 2.28. The van der Waals surface area contributed by atoms with Crippen LogP contribution in [-0.2, 0) is 14.8 Å². The van der Waals surface area contributed by atoms with Gasteiger partial charge < -0.3 is 14.5 Å². The van der Waals surface area contributed by atoms with Gasteiger partial charge in [-0.1, -0.05) is 18.2 Å². The summed E-state index contributed by atoms with van der Waals surface area (Å²) in [7, 11) is -3.77. The van der Waals surface area contributed by atoms with Crippen molar-refractivity contribution in [2.45, 2.75) is 38.2 Å². The number of sulfonamides is 1. The van der Waals surface area contributed by atoms with Gasteiger partial charge in [-0.05, 0) is 63.6 Å². The third kappa shape index (κ3) is 5.79. The van der Waals surface area contributed by atoms with Crippen molar-refractivity contribution in [1.82, 2.24) is 9.80 Å². The minimum atomic E-state index is -3.77. The summed E-state index contributed by atoms with van der Waals surface area (Å²) in [5, 5.41) is 0.